The predicted molar refractivity (Wildman–Crippen MR) is 49.3 cm³/mol. The van der Waals surface area contributed by atoms with Gasteiger partial charge < -0.3 is 15.0 Å². The number of carbonyl (C=O) groups excluding carboxylic acids is 1. The molecule has 0 aromatic carbocycles. The van der Waals surface area contributed by atoms with Gasteiger partial charge >= 0.3 is 0 Å². The molecule has 0 spiro atoms. The van der Waals surface area contributed by atoms with Crippen LogP contribution in [-0.2, 0) is 17.9 Å². The summed E-state index contributed by atoms with van der Waals surface area (Å²) in [5, 5.41) is 11.6. The highest BCUT2D eigenvalue weighted by atomic mass is 16.3. The van der Waals surface area contributed by atoms with Crippen molar-refractivity contribution in [1.82, 2.24) is 14.9 Å². The zero-order valence-electron chi connectivity index (χ0n) is 7.81. The fraction of sp³-hybridized carbons (Fsp3) is 0.556. The van der Waals surface area contributed by atoms with Gasteiger partial charge in [0.15, 0.2) is 0 Å². The molecule has 2 N–H and O–H groups in total. The molecule has 1 aromatic rings. The molecule has 1 aliphatic carbocycles. The number of carbonyl (C=O) groups is 1. The first kappa shape index (κ1) is 9.21. The maximum atomic E-state index is 11.3. The molecule has 1 aromatic heterocycles. The predicted octanol–water partition coefficient (Wildman–Crippen LogP) is -0.346. The highest BCUT2D eigenvalue weighted by molar-refractivity contribution is 5.76. The van der Waals surface area contributed by atoms with Crippen LogP contribution in [0.2, 0.25) is 0 Å². The van der Waals surface area contributed by atoms with Gasteiger partial charge in [0.2, 0.25) is 5.91 Å². The van der Waals surface area contributed by atoms with E-state index < -0.39 is 0 Å². The summed E-state index contributed by atoms with van der Waals surface area (Å²) >= 11 is 0. The molecule has 14 heavy (non-hydrogen) atoms. The average molecular weight is 195 g/mol. The van der Waals surface area contributed by atoms with Gasteiger partial charge in [0, 0.05) is 12.2 Å². The summed E-state index contributed by atoms with van der Waals surface area (Å²) in [6.07, 6.45) is 5.42. The molecule has 0 unspecified atom stereocenters. The molecule has 2 rings (SSSR count). The number of imidazole rings is 1. The molecule has 5 nitrogen and oxygen atoms in total. The maximum absolute atomic E-state index is 11.3. The Kier molecular flexibility index (Phi) is 2.49. The van der Waals surface area contributed by atoms with Crippen LogP contribution >= 0.6 is 0 Å². The van der Waals surface area contributed by atoms with Gasteiger partial charge in [-0.2, -0.15) is 0 Å². The Morgan fingerprint density at radius 3 is 3.07 bits per heavy atom. The van der Waals surface area contributed by atoms with E-state index in [1.54, 1.807) is 17.1 Å². The van der Waals surface area contributed by atoms with Crippen molar-refractivity contribution in [3.05, 3.63) is 18.2 Å². The lowest BCUT2D eigenvalue weighted by Crippen LogP contribution is -2.28. The van der Waals surface area contributed by atoms with Gasteiger partial charge in [-0.25, -0.2) is 4.98 Å². The van der Waals surface area contributed by atoms with E-state index in [4.69, 9.17) is 5.11 Å². The molecule has 1 heterocycles. The fourth-order valence-electron chi connectivity index (χ4n) is 1.24. The second-order valence-corrected chi connectivity index (χ2v) is 3.54. The number of rotatable bonds is 4. The van der Waals surface area contributed by atoms with Crippen molar-refractivity contribution in [2.24, 2.45) is 0 Å². The summed E-state index contributed by atoms with van der Waals surface area (Å²) in [5.74, 6) is 0.00869. The molecule has 1 saturated carbocycles. The number of aliphatic hydroxyl groups excluding tert-OH is 1. The highest BCUT2D eigenvalue weighted by Gasteiger charge is 2.23. The maximum Gasteiger partial charge on any atom is 0.240 e. The van der Waals surface area contributed by atoms with Gasteiger partial charge in [-0.1, -0.05) is 0 Å². The quantitative estimate of drug-likeness (QED) is 0.690. The number of amides is 1. The van der Waals surface area contributed by atoms with Gasteiger partial charge in [0.25, 0.3) is 0 Å². The monoisotopic (exact) mass is 195 g/mol. The number of hydrogen-bond donors (Lipinski definition) is 2. The SMILES string of the molecule is O=C(Cn1cnc(CO)c1)NC1CC1. The van der Waals surface area contributed by atoms with E-state index in [1.165, 1.54) is 0 Å². The minimum absolute atomic E-state index is 0.00869. The first-order chi connectivity index (χ1) is 6.78. The van der Waals surface area contributed by atoms with Gasteiger partial charge in [-0.05, 0) is 12.8 Å². The third-order valence-electron chi connectivity index (χ3n) is 2.12. The van der Waals surface area contributed by atoms with E-state index >= 15 is 0 Å². The summed E-state index contributed by atoms with van der Waals surface area (Å²) in [6, 6.07) is 0.392. The minimum Gasteiger partial charge on any atom is -0.390 e. The van der Waals surface area contributed by atoms with Crippen LogP contribution in [0, 0.1) is 0 Å². The molecule has 76 valence electrons. The van der Waals surface area contributed by atoms with Crippen LogP contribution in [0.15, 0.2) is 12.5 Å². The molecule has 5 heteroatoms. The smallest absolute Gasteiger partial charge is 0.240 e. The second-order valence-electron chi connectivity index (χ2n) is 3.54. The summed E-state index contributed by atoms with van der Waals surface area (Å²) in [4.78, 5) is 15.3. The topological polar surface area (TPSA) is 67.2 Å². The van der Waals surface area contributed by atoms with Gasteiger partial charge in [0.05, 0.1) is 18.6 Å². The summed E-state index contributed by atoms with van der Waals surface area (Å²) in [5.41, 5.74) is 0.587. The van der Waals surface area contributed by atoms with Crippen LogP contribution in [-0.4, -0.2) is 26.6 Å². The number of hydrogen-bond acceptors (Lipinski definition) is 3. The summed E-state index contributed by atoms with van der Waals surface area (Å²) in [6.45, 7) is 0.195. The van der Waals surface area contributed by atoms with Crippen LogP contribution < -0.4 is 5.32 Å². The van der Waals surface area contributed by atoms with E-state index in [0.29, 0.717) is 11.7 Å². The van der Waals surface area contributed by atoms with Crippen molar-refractivity contribution in [3.8, 4) is 0 Å². The molecular formula is C9H13N3O2. The lowest BCUT2D eigenvalue weighted by molar-refractivity contribution is -0.121. The Morgan fingerprint density at radius 1 is 1.71 bits per heavy atom. The zero-order valence-corrected chi connectivity index (χ0v) is 7.81. The molecular weight excluding hydrogens is 182 g/mol. The Hall–Kier alpha value is -1.36. The highest BCUT2D eigenvalue weighted by Crippen LogP contribution is 2.18. The third kappa shape index (κ3) is 2.32. The fourth-order valence-corrected chi connectivity index (χ4v) is 1.24. The van der Waals surface area contributed by atoms with Crippen molar-refractivity contribution in [3.63, 3.8) is 0 Å². The number of aliphatic hydroxyl groups is 1. The Labute approximate surface area is 81.8 Å². The first-order valence-electron chi connectivity index (χ1n) is 4.69. The van der Waals surface area contributed by atoms with Crippen molar-refractivity contribution in [1.29, 1.82) is 0 Å². The standard InChI is InChI=1S/C9H13N3O2/c13-5-8-3-12(6-10-8)4-9(14)11-7-1-2-7/h3,6-7,13H,1-2,4-5H2,(H,11,14). The van der Waals surface area contributed by atoms with E-state index in [2.05, 4.69) is 10.3 Å². The molecule has 0 aliphatic heterocycles. The Morgan fingerprint density at radius 2 is 2.50 bits per heavy atom. The summed E-state index contributed by atoms with van der Waals surface area (Å²) < 4.78 is 1.67. The van der Waals surface area contributed by atoms with E-state index in [9.17, 15) is 4.79 Å². The molecule has 0 atom stereocenters. The van der Waals surface area contributed by atoms with Gasteiger partial charge in [-0.15, -0.1) is 0 Å². The number of aromatic nitrogens is 2. The molecule has 1 aliphatic rings. The zero-order chi connectivity index (χ0) is 9.97. The van der Waals surface area contributed by atoms with Crippen LogP contribution in [0.3, 0.4) is 0 Å². The second kappa shape index (κ2) is 3.79. The molecule has 1 fully saturated rings. The summed E-state index contributed by atoms with van der Waals surface area (Å²) in [7, 11) is 0. The van der Waals surface area contributed by atoms with Crippen molar-refractivity contribution in [2.75, 3.05) is 0 Å². The number of nitrogens with zero attached hydrogens (tertiary/aromatic N) is 2. The molecule has 0 radical (unpaired) electrons. The lowest BCUT2D eigenvalue weighted by Gasteiger charge is -2.02. The Balaban J connectivity index is 1.85. The van der Waals surface area contributed by atoms with Crippen LogP contribution in [0.25, 0.3) is 0 Å². The first-order valence-corrected chi connectivity index (χ1v) is 4.69. The molecule has 0 saturated heterocycles. The van der Waals surface area contributed by atoms with Crippen molar-refractivity contribution < 1.29 is 9.90 Å². The van der Waals surface area contributed by atoms with E-state index in [0.717, 1.165) is 12.8 Å². The van der Waals surface area contributed by atoms with Gasteiger partial charge in [-0.3, -0.25) is 4.79 Å². The minimum atomic E-state index is -0.0861. The van der Waals surface area contributed by atoms with Gasteiger partial charge in [0.1, 0.15) is 6.54 Å². The Bertz CT molecular complexity index is 331. The number of nitrogens with one attached hydrogen (secondary N) is 1. The third-order valence-corrected chi connectivity index (χ3v) is 2.12. The van der Waals surface area contributed by atoms with Crippen LogP contribution in [0.5, 0.6) is 0 Å². The molecule has 0 bridgehead atoms. The van der Waals surface area contributed by atoms with Crippen molar-refractivity contribution in [2.45, 2.75) is 32.0 Å². The van der Waals surface area contributed by atoms with E-state index in [1.807, 2.05) is 0 Å². The van der Waals surface area contributed by atoms with E-state index in [-0.39, 0.29) is 19.1 Å². The largest absolute Gasteiger partial charge is 0.390 e. The molecule has 1 amide bonds. The lowest BCUT2D eigenvalue weighted by atomic mass is 10.5. The average Bonchev–Trinajstić information content (AvgIpc) is 2.83. The van der Waals surface area contributed by atoms with Crippen molar-refractivity contribution >= 4 is 5.91 Å². The van der Waals surface area contributed by atoms with Crippen LogP contribution in [0.4, 0.5) is 0 Å². The normalized spacial score (nSPS) is 15.5. The van der Waals surface area contributed by atoms with Crippen LogP contribution in [0.1, 0.15) is 18.5 Å².